The van der Waals surface area contributed by atoms with Gasteiger partial charge in [-0.3, -0.25) is 0 Å². The zero-order valence-electron chi connectivity index (χ0n) is 14.4. The highest BCUT2D eigenvalue weighted by molar-refractivity contribution is 5.06. The molecule has 5 unspecified atom stereocenters. The van der Waals surface area contributed by atoms with Gasteiger partial charge in [0, 0.05) is 0 Å². The Morgan fingerprint density at radius 2 is 1.29 bits per heavy atom. The standard InChI is InChI=1S/C17H26F6O/c1-8(2)13-10-5-11(12(6-10)14(13)9(3)4)7-15(24,16(18,19)20)17(21,22)23/h8-14,24H,5-7H2,1-4H3. The molecule has 0 aromatic carbocycles. The second-order valence-corrected chi connectivity index (χ2v) is 8.36. The van der Waals surface area contributed by atoms with Crippen molar-refractivity contribution in [1.82, 2.24) is 0 Å². The molecule has 2 rings (SSSR count). The molecular formula is C17H26F6O. The van der Waals surface area contributed by atoms with Crippen molar-refractivity contribution in [3.63, 3.8) is 0 Å². The molecule has 0 amide bonds. The van der Waals surface area contributed by atoms with E-state index in [4.69, 9.17) is 0 Å². The van der Waals surface area contributed by atoms with Crippen molar-refractivity contribution >= 4 is 0 Å². The van der Waals surface area contributed by atoms with Crippen LogP contribution in [0.15, 0.2) is 0 Å². The Balaban J connectivity index is 2.26. The summed E-state index contributed by atoms with van der Waals surface area (Å²) in [5.41, 5.74) is -4.61. The number of hydrogen-bond acceptors (Lipinski definition) is 1. The van der Waals surface area contributed by atoms with Crippen LogP contribution in [0.25, 0.3) is 0 Å². The summed E-state index contributed by atoms with van der Waals surface area (Å²) in [7, 11) is 0. The first-order valence-electron chi connectivity index (χ1n) is 8.56. The normalized spacial score (nSPS) is 34.6. The molecule has 24 heavy (non-hydrogen) atoms. The average Bonchev–Trinajstić information content (AvgIpc) is 2.92. The van der Waals surface area contributed by atoms with Crippen LogP contribution in [0, 0.1) is 41.4 Å². The highest BCUT2D eigenvalue weighted by Crippen LogP contribution is 2.62. The number of alkyl halides is 6. The molecule has 142 valence electrons. The van der Waals surface area contributed by atoms with Gasteiger partial charge in [0.25, 0.3) is 5.60 Å². The zero-order chi connectivity index (χ0) is 18.7. The van der Waals surface area contributed by atoms with Crippen molar-refractivity contribution < 1.29 is 31.4 Å². The van der Waals surface area contributed by atoms with Gasteiger partial charge in [-0.25, -0.2) is 0 Å². The van der Waals surface area contributed by atoms with Gasteiger partial charge in [-0.1, -0.05) is 27.7 Å². The summed E-state index contributed by atoms with van der Waals surface area (Å²) in [5, 5.41) is 9.52. The Morgan fingerprint density at radius 3 is 1.67 bits per heavy atom. The van der Waals surface area contributed by atoms with Gasteiger partial charge in [-0.05, 0) is 60.7 Å². The van der Waals surface area contributed by atoms with Crippen LogP contribution in [0.5, 0.6) is 0 Å². The van der Waals surface area contributed by atoms with Crippen molar-refractivity contribution in [3.8, 4) is 0 Å². The van der Waals surface area contributed by atoms with E-state index in [0.29, 0.717) is 24.7 Å². The van der Waals surface area contributed by atoms with Crippen molar-refractivity contribution in [2.45, 2.75) is 64.9 Å². The topological polar surface area (TPSA) is 20.2 Å². The molecule has 7 heteroatoms. The summed E-state index contributed by atoms with van der Waals surface area (Å²) in [5.74, 6) is 0.301. The van der Waals surface area contributed by atoms with Crippen molar-refractivity contribution in [2.75, 3.05) is 0 Å². The second-order valence-electron chi connectivity index (χ2n) is 8.36. The van der Waals surface area contributed by atoms with Gasteiger partial charge in [0.2, 0.25) is 0 Å². The molecule has 0 saturated heterocycles. The molecule has 1 N–H and O–H groups in total. The number of aliphatic hydroxyl groups is 1. The summed E-state index contributed by atoms with van der Waals surface area (Å²) in [4.78, 5) is 0. The summed E-state index contributed by atoms with van der Waals surface area (Å²) >= 11 is 0. The van der Waals surface area contributed by atoms with E-state index >= 15 is 0 Å². The molecule has 0 radical (unpaired) electrons. The van der Waals surface area contributed by atoms with Gasteiger partial charge in [0.15, 0.2) is 0 Å². The first-order valence-corrected chi connectivity index (χ1v) is 8.56. The Hall–Kier alpha value is -0.460. The maximum Gasteiger partial charge on any atom is 0.426 e. The molecule has 1 nitrogen and oxygen atoms in total. The summed E-state index contributed by atoms with van der Waals surface area (Å²) in [6.07, 6.45) is -11.7. The van der Waals surface area contributed by atoms with Crippen LogP contribution < -0.4 is 0 Å². The number of hydrogen-bond donors (Lipinski definition) is 1. The highest BCUT2D eigenvalue weighted by atomic mass is 19.4. The largest absolute Gasteiger partial charge is 0.426 e. The van der Waals surface area contributed by atoms with Crippen LogP contribution in [0.4, 0.5) is 26.3 Å². The van der Waals surface area contributed by atoms with Crippen LogP contribution in [0.2, 0.25) is 0 Å². The van der Waals surface area contributed by atoms with Crippen molar-refractivity contribution in [1.29, 1.82) is 0 Å². The minimum Gasteiger partial charge on any atom is -0.374 e. The van der Waals surface area contributed by atoms with E-state index in [9.17, 15) is 31.4 Å². The molecule has 0 aromatic heterocycles. The maximum atomic E-state index is 13.0. The molecule has 2 bridgehead atoms. The summed E-state index contributed by atoms with van der Waals surface area (Å²) in [6, 6.07) is 0. The fraction of sp³-hybridized carbons (Fsp3) is 1.00. The van der Waals surface area contributed by atoms with E-state index in [1.165, 1.54) is 0 Å². The summed E-state index contributed by atoms with van der Waals surface area (Å²) < 4.78 is 77.9. The van der Waals surface area contributed by atoms with Crippen LogP contribution in [0.1, 0.15) is 47.0 Å². The fourth-order valence-electron chi connectivity index (χ4n) is 5.52. The first-order chi connectivity index (χ1) is 10.7. The average molecular weight is 360 g/mol. The molecule has 5 atom stereocenters. The van der Waals surface area contributed by atoms with E-state index in [-0.39, 0.29) is 23.7 Å². The molecule has 0 heterocycles. The molecule has 0 spiro atoms. The van der Waals surface area contributed by atoms with Gasteiger partial charge >= 0.3 is 12.4 Å². The Morgan fingerprint density at radius 1 is 0.833 bits per heavy atom. The molecule has 2 aliphatic carbocycles. The molecular weight excluding hydrogens is 334 g/mol. The SMILES string of the molecule is CC(C)C1C2CC(CC(O)(C(F)(F)F)C(F)(F)F)C(C2)C1C(C)C. The highest BCUT2D eigenvalue weighted by Gasteiger charge is 2.71. The molecule has 2 fully saturated rings. The monoisotopic (exact) mass is 360 g/mol. The van der Waals surface area contributed by atoms with E-state index < -0.39 is 30.3 Å². The van der Waals surface area contributed by atoms with Crippen molar-refractivity contribution in [2.24, 2.45) is 41.4 Å². The maximum absolute atomic E-state index is 13.0. The van der Waals surface area contributed by atoms with Crippen LogP contribution in [-0.2, 0) is 0 Å². The molecule has 2 aliphatic rings. The van der Waals surface area contributed by atoms with Gasteiger partial charge in [-0.15, -0.1) is 0 Å². The van der Waals surface area contributed by atoms with Crippen LogP contribution in [-0.4, -0.2) is 23.1 Å². The van der Waals surface area contributed by atoms with Gasteiger partial charge in [0.05, 0.1) is 0 Å². The van der Waals surface area contributed by atoms with Gasteiger partial charge in [-0.2, -0.15) is 26.3 Å². The van der Waals surface area contributed by atoms with Gasteiger partial charge in [0.1, 0.15) is 0 Å². The number of rotatable bonds is 4. The first kappa shape index (κ1) is 19.9. The second kappa shape index (κ2) is 6.06. The Bertz CT molecular complexity index is 439. The molecule has 0 aliphatic heterocycles. The third-order valence-electron chi connectivity index (χ3n) is 6.30. The lowest BCUT2D eigenvalue weighted by Gasteiger charge is -2.43. The Labute approximate surface area is 138 Å². The van der Waals surface area contributed by atoms with E-state index in [1.54, 1.807) is 0 Å². The van der Waals surface area contributed by atoms with Crippen molar-refractivity contribution in [3.05, 3.63) is 0 Å². The number of fused-ring (bicyclic) bond motifs is 2. The predicted octanol–water partition coefficient (Wildman–Crippen LogP) is 5.43. The Kier molecular flexibility index (Phi) is 5.01. The zero-order valence-corrected chi connectivity index (χ0v) is 14.4. The lowest BCUT2D eigenvalue weighted by atomic mass is 9.64. The quantitative estimate of drug-likeness (QED) is 0.663. The van der Waals surface area contributed by atoms with E-state index in [1.807, 2.05) is 13.8 Å². The third-order valence-corrected chi connectivity index (χ3v) is 6.30. The van der Waals surface area contributed by atoms with E-state index in [2.05, 4.69) is 13.8 Å². The summed E-state index contributed by atoms with van der Waals surface area (Å²) in [6.45, 7) is 8.10. The number of halogens is 6. The van der Waals surface area contributed by atoms with Crippen LogP contribution >= 0.6 is 0 Å². The minimum atomic E-state index is -5.71. The fourth-order valence-corrected chi connectivity index (χ4v) is 5.52. The predicted molar refractivity (Wildman–Crippen MR) is 78.0 cm³/mol. The molecule has 0 aromatic rings. The lowest BCUT2D eigenvalue weighted by Crippen LogP contribution is -2.58. The lowest BCUT2D eigenvalue weighted by molar-refractivity contribution is -0.373. The third kappa shape index (κ3) is 3.06. The minimum absolute atomic E-state index is 0.125. The van der Waals surface area contributed by atoms with E-state index in [0.717, 1.165) is 0 Å². The van der Waals surface area contributed by atoms with Crippen LogP contribution in [0.3, 0.4) is 0 Å². The molecule has 2 saturated carbocycles. The van der Waals surface area contributed by atoms with Gasteiger partial charge < -0.3 is 5.11 Å². The smallest absolute Gasteiger partial charge is 0.374 e.